The molecule has 0 spiro atoms. The second-order valence-corrected chi connectivity index (χ2v) is 7.08. The number of hydrogen-bond acceptors (Lipinski definition) is 6. The molecule has 0 N–H and O–H groups in total. The lowest BCUT2D eigenvalue weighted by atomic mass is 10.1. The number of hydrogen-bond donors (Lipinski definition) is 0. The first-order valence-electron chi connectivity index (χ1n) is 9.22. The first-order chi connectivity index (χ1) is 12.4. The van der Waals surface area contributed by atoms with E-state index in [1.807, 2.05) is 6.07 Å². The molecule has 0 aliphatic carbocycles. The van der Waals surface area contributed by atoms with Crippen molar-refractivity contribution in [1.29, 1.82) is 0 Å². The molecule has 0 unspecified atom stereocenters. The van der Waals surface area contributed by atoms with E-state index in [1.54, 1.807) is 21.3 Å². The van der Waals surface area contributed by atoms with Crippen LogP contribution < -0.4 is 14.2 Å². The van der Waals surface area contributed by atoms with Crippen molar-refractivity contribution >= 4 is 0 Å². The average molecular weight is 368 g/mol. The topological polar surface area (TPSA) is 37.4 Å². The quantitative estimate of drug-likeness (QED) is 0.533. The minimum Gasteiger partial charge on any atom is -0.493 e. The molecule has 1 aromatic carbocycles. The third-order valence-corrected chi connectivity index (χ3v) is 4.34. The molecule has 0 heterocycles. The summed E-state index contributed by atoms with van der Waals surface area (Å²) in [4.78, 5) is 6.96. The highest BCUT2D eigenvalue weighted by atomic mass is 16.5. The van der Waals surface area contributed by atoms with E-state index in [4.69, 9.17) is 14.2 Å². The Hall–Kier alpha value is -1.50. The Morgan fingerprint density at radius 1 is 0.692 bits per heavy atom. The van der Waals surface area contributed by atoms with Crippen molar-refractivity contribution in [3.8, 4) is 17.2 Å². The van der Waals surface area contributed by atoms with Crippen LogP contribution in [0.1, 0.15) is 18.4 Å². The summed E-state index contributed by atoms with van der Waals surface area (Å²) in [5.41, 5.74) is 1.12. The third kappa shape index (κ3) is 7.40. The summed E-state index contributed by atoms with van der Waals surface area (Å²) >= 11 is 0. The maximum atomic E-state index is 5.65. The molecule has 0 aliphatic heterocycles. The third-order valence-electron chi connectivity index (χ3n) is 4.34. The van der Waals surface area contributed by atoms with Gasteiger partial charge in [0.2, 0.25) is 5.75 Å². The number of ether oxygens (including phenoxy) is 3. The fourth-order valence-corrected chi connectivity index (χ4v) is 3.02. The van der Waals surface area contributed by atoms with Gasteiger partial charge < -0.3 is 24.0 Å². The smallest absolute Gasteiger partial charge is 0.203 e. The van der Waals surface area contributed by atoms with Gasteiger partial charge in [-0.15, -0.1) is 0 Å². The number of nitrogens with zero attached hydrogens (tertiary/aromatic N) is 3. The van der Waals surface area contributed by atoms with Crippen LogP contribution in [0, 0.1) is 0 Å². The fraction of sp³-hybridized carbons (Fsp3) is 0.700. The van der Waals surface area contributed by atoms with Gasteiger partial charge in [0, 0.05) is 12.1 Å². The van der Waals surface area contributed by atoms with Crippen LogP contribution in [-0.4, -0.2) is 90.4 Å². The van der Waals surface area contributed by atoms with Crippen LogP contribution in [0.4, 0.5) is 0 Å². The van der Waals surface area contributed by atoms with Gasteiger partial charge in [-0.25, -0.2) is 0 Å². The first-order valence-corrected chi connectivity index (χ1v) is 9.22. The molecule has 6 nitrogen and oxygen atoms in total. The van der Waals surface area contributed by atoms with Crippen LogP contribution in [0.5, 0.6) is 17.2 Å². The van der Waals surface area contributed by atoms with Crippen LogP contribution in [0.25, 0.3) is 0 Å². The van der Waals surface area contributed by atoms with Crippen molar-refractivity contribution in [3.05, 3.63) is 17.7 Å². The molecule has 26 heavy (non-hydrogen) atoms. The van der Waals surface area contributed by atoms with Crippen LogP contribution in [0.2, 0.25) is 0 Å². The van der Waals surface area contributed by atoms with Crippen molar-refractivity contribution in [2.45, 2.75) is 19.4 Å². The van der Waals surface area contributed by atoms with Gasteiger partial charge >= 0.3 is 0 Å². The highest BCUT2D eigenvalue weighted by Crippen LogP contribution is 2.40. The molecule has 1 rings (SSSR count). The predicted octanol–water partition coefficient (Wildman–Crippen LogP) is 2.42. The van der Waals surface area contributed by atoms with E-state index in [0.29, 0.717) is 11.5 Å². The minimum atomic E-state index is 0.661. The Labute approximate surface area is 159 Å². The van der Waals surface area contributed by atoms with E-state index >= 15 is 0 Å². The zero-order valence-corrected chi connectivity index (χ0v) is 17.7. The zero-order valence-electron chi connectivity index (χ0n) is 17.7. The van der Waals surface area contributed by atoms with Gasteiger partial charge in [-0.1, -0.05) is 6.07 Å². The van der Waals surface area contributed by atoms with Crippen LogP contribution in [-0.2, 0) is 6.54 Å². The second-order valence-electron chi connectivity index (χ2n) is 7.08. The summed E-state index contributed by atoms with van der Waals surface area (Å²) in [6, 6.07) is 4.03. The Morgan fingerprint density at radius 3 is 1.65 bits per heavy atom. The SMILES string of the molecule is COc1ccc(CN(CCCN(C)C)CCCN(C)C)c(OC)c1OC. The van der Waals surface area contributed by atoms with Gasteiger partial charge in [-0.2, -0.15) is 0 Å². The van der Waals surface area contributed by atoms with Gasteiger partial charge in [0.05, 0.1) is 21.3 Å². The summed E-state index contributed by atoms with van der Waals surface area (Å²) in [5, 5.41) is 0. The van der Waals surface area contributed by atoms with Crippen LogP contribution in [0.3, 0.4) is 0 Å². The molecule has 0 saturated carbocycles. The zero-order chi connectivity index (χ0) is 19.5. The number of methoxy groups -OCH3 is 3. The fourth-order valence-electron chi connectivity index (χ4n) is 3.02. The average Bonchev–Trinajstić information content (AvgIpc) is 2.60. The van der Waals surface area contributed by atoms with E-state index in [1.165, 1.54) is 0 Å². The Bertz CT molecular complexity index is 507. The molecular formula is C20H37N3O3. The van der Waals surface area contributed by atoms with Gasteiger partial charge in [0.15, 0.2) is 11.5 Å². The molecule has 0 radical (unpaired) electrons. The number of benzene rings is 1. The van der Waals surface area contributed by atoms with E-state index < -0.39 is 0 Å². The lowest BCUT2D eigenvalue weighted by molar-refractivity contribution is 0.229. The normalized spacial score (nSPS) is 11.5. The molecule has 0 amide bonds. The highest BCUT2D eigenvalue weighted by molar-refractivity contribution is 5.55. The van der Waals surface area contributed by atoms with E-state index in [0.717, 1.165) is 56.9 Å². The van der Waals surface area contributed by atoms with Crippen molar-refractivity contribution in [2.24, 2.45) is 0 Å². The highest BCUT2D eigenvalue weighted by Gasteiger charge is 2.18. The predicted molar refractivity (Wildman–Crippen MR) is 108 cm³/mol. The monoisotopic (exact) mass is 367 g/mol. The van der Waals surface area contributed by atoms with Gasteiger partial charge in [-0.3, -0.25) is 4.90 Å². The Balaban J connectivity index is 2.89. The van der Waals surface area contributed by atoms with Gasteiger partial charge in [0.1, 0.15) is 0 Å². The molecule has 150 valence electrons. The molecule has 0 saturated heterocycles. The Kier molecular flexibility index (Phi) is 10.4. The summed E-state index contributed by atoms with van der Waals surface area (Å²) in [6.45, 7) is 5.14. The lowest BCUT2D eigenvalue weighted by Crippen LogP contribution is -2.30. The molecular weight excluding hydrogens is 330 g/mol. The largest absolute Gasteiger partial charge is 0.493 e. The minimum absolute atomic E-state index is 0.661. The van der Waals surface area contributed by atoms with Crippen LogP contribution in [0.15, 0.2) is 12.1 Å². The van der Waals surface area contributed by atoms with Crippen LogP contribution >= 0.6 is 0 Å². The van der Waals surface area contributed by atoms with Crippen molar-refractivity contribution < 1.29 is 14.2 Å². The molecule has 1 aromatic rings. The molecule has 0 aromatic heterocycles. The standard InChI is InChI=1S/C20H37N3O3/c1-21(2)12-8-14-23(15-9-13-22(3)4)16-17-10-11-18(24-5)20(26-7)19(17)25-6/h10-11H,8-9,12-16H2,1-7H3. The van der Waals surface area contributed by atoms with E-state index in [9.17, 15) is 0 Å². The van der Waals surface area contributed by atoms with Crippen molar-refractivity contribution in [1.82, 2.24) is 14.7 Å². The molecule has 0 atom stereocenters. The van der Waals surface area contributed by atoms with Gasteiger partial charge in [0.25, 0.3) is 0 Å². The summed E-state index contributed by atoms with van der Waals surface area (Å²) in [6.07, 6.45) is 2.29. The second kappa shape index (κ2) is 12.0. The molecule has 0 fully saturated rings. The maximum Gasteiger partial charge on any atom is 0.203 e. The Morgan fingerprint density at radius 2 is 1.23 bits per heavy atom. The summed E-state index contributed by atoms with van der Waals surface area (Å²) < 4.78 is 16.6. The number of rotatable bonds is 13. The lowest BCUT2D eigenvalue weighted by Gasteiger charge is -2.25. The summed E-state index contributed by atoms with van der Waals surface area (Å²) in [7, 11) is 13.5. The molecule has 0 bridgehead atoms. The summed E-state index contributed by atoms with van der Waals surface area (Å²) in [5.74, 6) is 2.12. The molecule has 0 aliphatic rings. The first kappa shape index (κ1) is 22.5. The van der Waals surface area contributed by atoms with Crippen molar-refractivity contribution in [3.63, 3.8) is 0 Å². The van der Waals surface area contributed by atoms with E-state index in [2.05, 4.69) is 49.0 Å². The van der Waals surface area contributed by atoms with E-state index in [-0.39, 0.29) is 0 Å². The van der Waals surface area contributed by atoms with Gasteiger partial charge in [-0.05, 0) is 73.3 Å². The molecule has 6 heteroatoms. The van der Waals surface area contributed by atoms with Crippen molar-refractivity contribution in [2.75, 3.05) is 75.7 Å². The maximum absolute atomic E-state index is 5.65.